The molecule has 1 aliphatic heterocycles. The zero-order chi connectivity index (χ0) is 21.4. The summed E-state index contributed by atoms with van der Waals surface area (Å²) >= 11 is 0. The third-order valence-electron chi connectivity index (χ3n) is 5.64. The van der Waals surface area contributed by atoms with Crippen LogP contribution in [0.4, 0.5) is 5.69 Å². The highest BCUT2D eigenvalue weighted by Gasteiger charge is 2.23. The summed E-state index contributed by atoms with van der Waals surface area (Å²) in [5.41, 5.74) is 3.66. The maximum Gasteiger partial charge on any atom is 0.143 e. The molecule has 1 N–H and O–H groups in total. The summed E-state index contributed by atoms with van der Waals surface area (Å²) < 4.78 is 7.59. The highest BCUT2D eigenvalue weighted by Crippen LogP contribution is 2.29. The van der Waals surface area contributed by atoms with Gasteiger partial charge >= 0.3 is 0 Å². The molecule has 0 radical (unpaired) electrons. The van der Waals surface area contributed by atoms with E-state index in [1.54, 1.807) is 25.3 Å². The Kier molecular flexibility index (Phi) is 5.49. The molecule has 0 amide bonds. The molecule has 0 aliphatic carbocycles. The van der Waals surface area contributed by atoms with Gasteiger partial charge < -0.3 is 24.9 Å². The van der Waals surface area contributed by atoms with Gasteiger partial charge in [-0.25, -0.2) is 4.98 Å². The van der Waals surface area contributed by atoms with Crippen LogP contribution in [-0.4, -0.2) is 47.8 Å². The second kappa shape index (κ2) is 8.08. The van der Waals surface area contributed by atoms with Crippen LogP contribution >= 0.6 is 0 Å². The van der Waals surface area contributed by atoms with Crippen molar-refractivity contribution in [1.82, 2.24) is 14.9 Å². The molecule has 0 saturated carbocycles. The van der Waals surface area contributed by atoms with Crippen molar-refractivity contribution in [2.45, 2.75) is 39.0 Å². The van der Waals surface area contributed by atoms with Gasteiger partial charge in [0.25, 0.3) is 0 Å². The average Bonchev–Trinajstić information content (AvgIpc) is 3.11. The number of carboxylic acids is 1. The van der Waals surface area contributed by atoms with Gasteiger partial charge in [-0.3, -0.25) is 4.57 Å². The van der Waals surface area contributed by atoms with E-state index in [1.165, 1.54) is 0 Å². The number of carbonyl (C=O) groups excluding carboxylic acids is 1. The SMILES string of the molecule is COC(C)c1nc2cc(C(=O)[O-])ccc2n1-c1cccc(N2CC(C)NC(C)C2)c1. The molecule has 2 heterocycles. The first-order valence-electron chi connectivity index (χ1n) is 10.3. The molecular weight excluding hydrogens is 380 g/mol. The highest BCUT2D eigenvalue weighted by atomic mass is 16.5. The summed E-state index contributed by atoms with van der Waals surface area (Å²) in [6.45, 7) is 8.21. The third kappa shape index (κ3) is 3.78. The number of benzene rings is 2. The monoisotopic (exact) mass is 407 g/mol. The van der Waals surface area contributed by atoms with Crippen LogP contribution in [0.2, 0.25) is 0 Å². The lowest BCUT2D eigenvalue weighted by Gasteiger charge is -2.37. The van der Waals surface area contributed by atoms with Crippen LogP contribution < -0.4 is 15.3 Å². The van der Waals surface area contributed by atoms with E-state index in [0.29, 0.717) is 17.6 Å². The molecule has 0 spiro atoms. The fourth-order valence-corrected chi connectivity index (χ4v) is 4.24. The summed E-state index contributed by atoms with van der Waals surface area (Å²) in [5, 5.41) is 14.9. The highest BCUT2D eigenvalue weighted by molar-refractivity contribution is 5.91. The molecule has 7 nitrogen and oxygen atoms in total. The van der Waals surface area contributed by atoms with E-state index in [1.807, 2.05) is 23.6 Å². The minimum absolute atomic E-state index is 0.112. The Morgan fingerprint density at radius 3 is 2.53 bits per heavy atom. The number of rotatable bonds is 5. The zero-order valence-electron chi connectivity index (χ0n) is 17.8. The van der Waals surface area contributed by atoms with E-state index in [0.717, 1.165) is 35.8 Å². The number of aromatic carboxylic acids is 1. The number of ether oxygens (including phenoxy) is 1. The number of piperazine rings is 1. The minimum Gasteiger partial charge on any atom is -0.545 e. The molecule has 3 aromatic rings. The van der Waals surface area contributed by atoms with Crippen LogP contribution in [0.25, 0.3) is 16.7 Å². The number of methoxy groups -OCH3 is 1. The molecule has 1 saturated heterocycles. The number of aromatic nitrogens is 2. The van der Waals surface area contributed by atoms with Crippen molar-refractivity contribution in [3.63, 3.8) is 0 Å². The summed E-state index contributed by atoms with van der Waals surface area (Å²) in [5.74, 6) is -0.487. The van der Waals surface area contributed by atoms with Gasteiger partial charge in [-0.05, 0) is 56.7 Å². The Morgan fingerprint density at radius 1 is 1.17 bits per heavy atom. The van der Waals surface area contributed by atoms with Gasteiger partial charge in [0.15, 0.2) is 0 Å². The Bertz CT molecular complexity index is 1070. The van der Waals surface area contributed by atoms with Crippen molar-refractivity contribution in [2.24, 2.45) is 0 Å². The number of carbonyl (C=O) groups is 1. The molecule has 0 bridgehead atoms. The number of carboxylic acid groups (broad SMARTS) is 1. The normalized spacial score (nSPS) is 20.5. The van der Waals surface area contributed by atoms with Gasteiger partial charge in [0.2, 0.25) is 0 Å². The molecule has 1 fully saturated rings. The van der Waals surface area contributed by atoms with Crippen LogP contribution in [0.5, 0.6) is 0 Å². The maximum atomic E-state index is 11.3. The number of imidazole rings is 1. The largest absolute Gasteiger partial charge is 0.545 e. The second-order valence-corrected chi connectivity index (χ2v) is 8.07. The van der Waals surface area contributed by atoms with Crippen LogP contribution in [0.1, 0.15) is 43.1 Å². The fraction of sp³-hybridized carbons (Fsp3) is 0.391. The molecule has 4 rings (SSSR count). The molecule has 3 atom stereocenters. The van der Waals surface area contributed by atoms with E-state index < -0.39 is 5.97 Å². The first-order chi connectivity index (χ1) is 14.4. The number of hydrogen-bond donors (Lipinski definition) is 1. The van der Waals surface area contributed by atoms with Gasteiger partial charge in [-0.2, -0.15) is 0 Å². The first kappa shape index (κ1) is 20.4. The summed E-state index contributed by atoms with van der Waals surface area (Å²) in [6, 6.07) is 14.1. The molecule has 1 aromatic heterocycles. The number of anilines is 1. The van der Waals surface area contributed by atoms with Crippen LogP contribution in [0.15, 0.2) is 42.5 Å². The Morgan fingerprint density at radius 2 is 1.87 bits per heavy atom. The quantitative estimate of drug-likeness (QED) is 0.699. The zero-order valence-corrected chi connectivity index (χ0v) is 17.8. The van der Waals surface area contributed by atoms with Gasteiger partial charge in [-0.15, -0.1) is 0 Å². The van der Waals surface area contributed by atoms with Gasteiger partial charge in [-0.1, -0.05) is 12.1 Å². The van der Waals surface area contributed by atoms with Crippen molar-refractivity contribution in [2.75, 3.05) is 25.1 Å². The predicted octanol–water partition coefficient (Wildman–Crippen LogP) is 2.28. The number of fused-ring (bicyclic) bond motifs is 1. The number of hydrogen-bond acceptors (Lipinski definition) is 6. The molecule has 7 heteroatoms. The standard InChI is InChI=1S/C23H28N4O3/c1-14-12-26(13-15(2)24-14)18-6-5-7-19(11-18)27-21-9-8-17(23(28)29)10-20(21)25-22(27)16(3)30-4/h5-11,14-16,24H,12-13H2,1-4H3,(H,28,29)/p-1. The lowest BCUT2D eigenvalue weighted by molar-refractivity contribution is -0.255. The molecule has 158 valence electrons. The second-order valence-electron chi connectivity index (χ2n) is 8.07. The first-order valence-corrected chi connectivity index (χ1v) is 10.3. The van der Waals surface area contributed by atoms with Crippen molar-refractivity contribution < 1.29 is 14.6 Å². The number of nitrogens with one attached hydrogen (secondary N) is 1. The molecule has 1 aliphatic rings. The Balaban J connectivity index is 1.83. The summed E-state index contributed by atoms with van der Waals surface area (Å²) in [7, 11) is 1.64. The van der Waals surface area contributed by atoms with Crippen molar-refractivity contribution in [1.29, 1.82) is 0 Å². The van der Waals surface area contributed by atoms with E-state index in [2.05, 4.69) is 36.2 Å². The van der Waals surface area contributed by atoms with Crippen molar-refractivity contribution in [3.8, 4) is 5.69 Å². The molecule has 2 aromatic carbocycles. The lowest BCUT2D eigenvalue weighted by Crippen LogP contribution is -2.54. The predicted molar refractivity (Wildman–Crippen MR) is 115 cm³/mol. The van der Waals surface area contributed by atoms with Crippen LogP contribution in [0.3, 0.4) is 0 Å². The Labute approximate surface area is 176 Å². The fourth-order valence-electron chi connectivity index (χ4n) is 4.24. The Hall–Kier alpha value is -2.90. The molecule has 3 unspecified atom stereocenters. The van der Waals surface area contributed by atoms with Gasteiger partial charge in [0, 0.05) is 43.7 Å². The third-order valence-corrected chi connectivity index (χ3v) is 5.64. The smallest absolute Gasteiger partial charge is 0.143 e. The molecule has 30 heavy (non-hydrogen) atoms. The summed E-state index contributed by atoms with van der Waals surface area (Å²) in [6.07, 6.45) is -0.258. The van der Waals surface area contributed by atoms with E-state index in [-0.39, 0.29) is 11.7 Å². The van der Waals surface area contributed by atoms with E-state index in [9.17, 15) is 9.90 Å². The minimum atomic E-state index is -1.21. The summed E-state index contributed by atoms with van der Waals surface area (Å²) in [4.78, 5) is 18.4. The van der Waals surface area contributed by atoms with E-state index >= 15 is 0 Å². The van der Waals surface area contributed by atoms with E-state index in [4.69, 9.17) is 9.72 Å². The van der Waals surface area contributed by atoms with Crippen molar-refractivity contribution in [3.05, 3.63) is 53.9 Å². The topological polar surface area (TPSA) is 82.5 Å². The number of nitrogens with zero attached hydrogens (tertiary/aromatic N) is 3. The van der Waals surface area contributed by atoms with Crippen molar-refractivity contribution >= 4 is 22.7 Å². The lowest BCUT2D eigenvalue weighted by atomic mass is 10.1. The molecular formula is C23H27N4O3-. The van der Waals surface area contributed by atoms with Crippen LogP contribution in [-0.2, 0) is 4.74 Å². The van der Waals surface area contributed by atoms with Crippen LogP contribution in [0, 0.1) is 0 Å². The average molecular weight is 407 g/mol. The van der Waals surface area contributed by atoms with Gasteiger partial charge in [0.05, 0.1) is 17.0 Å². The maximum absolute atomic E-state index is 11.3. The van der Waals surface area contributed by atoms with Gasteiger partial charge in [0.1, 0.15) is 11.9 Å².